The molecule has 1 atom stereocenters. The standard InChI is InChI=1S/C24H26N4O4/c1-15(2)13-20(29)25-17-7-9-18(10-8-17)26-21(30)14-28-22(31)24(27-23(28)32)12-11-16-5-3-4-6-19(16)24/h3-10,15H,11-14H2,1-2H3,(H,25,29)(H,26,30)(H,27,32). The summed E-state index contributed by atoms with van der Waals surface area (Å²) in [5.41, 5.74) is 1.89. The van der Waals surface area contributed by atoms with Crippen LogP contribution in [0.2, 0.25) is 0 Å². The van der Waals surface area contributed by atoms with E-state index < -0.39 is 23.4 Å². The molecule has 1 saturated heterocycles. The minimum Gasteiger partial charge on any atom is -0.326 e. The normalized spacial score (nSPS) is 19.3. The first-order chi connectivity index (χ1) is 15.3. The Labute approximate surface area is 186 Å². The van der Waals surface area contributed by atoms with Crippen molar-refractivity contribution in [1.82, 2.24) is 10.2 Å². The van der Waals surface area contributed by atoms with E-state index in [-0.39, 0.29) is 18.4 Å². The highest BCUT2D eigenvalue weighted by atomic mass is 16.2. The lowest BCUT2D eigenvalue weighted by molar-refractivity contribution is -0.134. The SMILES string of the molecule is CC(C)CC(=O)Nc1ccc(NC(=O)CN2C(=O)NC3(CCc4ccccc43)C2=O)cc1. The molecule has 1 aliphatic heterocycles. The second kappa shape index (κ2) is 8.45. The van der Waals surface area contributed by atoms with E-state index in [9.17, 15) is 19.2 Å². The Bertz CT molecular complexity index is 1080. The molecule has 8 nitrogen and oxygen atoms in total. The van der Waals surface area contributed by atoms with Crippen molar-refractivity contribution in [3.8, 4) is 0 Å². The molecule has 1 unspecified atom stereocenters. The average Bonchev–Trinajstić information content (AvgIpc) is 3.22. The molecule has 8 heteroatoms. The van der Waals surface area contributed by atoms with Crippen LogP contribution in [0, 0.1) is 5.92 Å². The number of fused-ring (bicyclic) bond motifs is 2. The number of imide groups is 1. The summed E-state index contributed by atoms with van der Waals surface area (Å²) >= 11 is 0. The second-order valence-corrected chi connectivity index (χ2v) is 8.66. The number of carbonyl (C=O) groups excluding carboxylic acids is 4. The summed E-state index contributed by atoms with van der Waals surface area (Å²) < 4.78 is 0. The molecular weight excluding hydrogens is 408 g/mol. The largest absolute Gasteiger partial charge is 0.326 e. The summed E-state index contributed by atoms with van der Waals surface area (Å²) in [4.78, 5) is 51.1. The van der Waals surface area contributed by atoms with Crippen LogP contribution in [0.1, 0.15) is 37.8 Å². The molecule has 1 aliphatic carbocycles. The van der Waals surface area contributed by atoms with Gasteiger partial charge in [-0.05, 0) is 54.2 Å². The van der Waals surface area contributed by atoms with Gasteiger partial charge in [-0.15, -0.1) is 0 Å². The number of benzene rings is 2. The smallest absolute Gasteiger partial charge is 0.325 e. The van der Waals surface area contributed by atoms with Crippen LogP contribution in [0.4, 0.5) is 16.2 Å². The van der Waals surface area contributed by atoms with Gasteiger partial charge in [0.05, 0.1) is 0 Å². The fourth-order valence-electron chi connectivity index (χ4n) is 4.30. The summed E-state index contributed by atoms with van der Waals surface area (Å²) in [7, 11) is 0. The third-order valence-corrected chi connectivity index (χ3v) is 5.77. The lowest BCUT2D eigenvalue weighted by Gasteiger charge is -2.22. The van der Waals surface area contributed by atoms with Crippen LogP contribution in [0.5, 0.6) is 0 Å². The number of rotatable bonds is 6. The molecule has 0 aromatic heterocycles. The van der Waals surface area contributed by atoms with Gasteiger partial charge in [0, 0.05) is 17.8 Å². The molecule has 2 aromatic rings. The number of urea groups is 1. The van der Waals surface area contributed by atoms with Crippen LogP contribution in [0.15, 0.2) is 48.5 Å². The quantitative estimate of drug-likeness (QED) is 0.608. The van der Waals surface area contributed by atoms with E-state index in [4.69, 9.17) is 0 Å². The molecule has 4 rings (SSSR count). The van der Waals surface area contributed by atoms with E-state index >= 15 is 0 Å². The van der Waals surface area contributed by atoms with Gasteiger partial charge in [-0.1, -0.05) is 38.1 Å². The summed E-state index contributed by atoms with van der Waals surface area (Å²) in [6.07, 6.45) is 1.61. The Hall–Kier alpha value is -3.68. The zero-order chi connectivity index (χ0) is 22.9. The molecule has 32 heavy (non-hydrogen) atoms. The number of aryl methyl sites for hydroxylation is 1. The van der Waals surface area contributed by atoms with E-state index in [1.807, 2.05) is 38.1 Å². The molecule has 1 fully saturated rings. The van der Waals surface area contributed by atoms with Crippen LogP contribution in [-0.4, -0.2) is 35.2 Å². The first-order valence-electron chi connectivity index (χ1n) is 10.7. The van der Waals surface area contributed by atoms with Crippen LogP contribution >= 0.6 is 0 Å². The van der Waals surface area contributed by atoms with Gasteiger partial charge >= 0.3 is 6.03 Å². The van der Waals surface area contributed by atoms with Crippen molar-refractivity contribution in [1.29, 1.82) is 0 Å². The van der Waals surface area contributed by atoms with Crippen LogP contribution in [-0.2, 0) is 26.3 Å². The number of carbonyl (C=O) groups is 4. The molecular formula is C24H26N4O4. The molecule has 0 saturated carbocycles. The summed E-state index contributed by atoms with van der Waals surface area (Å²) in [5.74, 6) is -0.687. The Morgan fingerprint density at radius 1 is 1.00 bits per heavy atom. The molecule has 166 valence electrons. The number of nitrogens with one attached hydrogen (secondary N) is 3. The van der Waals surface area contributed by atoms with Crippen molar-refractivity contribution < 1.29 is 19.2 Å². The highest BCUT2D eigenvalue weighted by molar-refractivity contribution is 6.11. The topological polar surface area (TPSA) is 108 Å². The molecule has 2 aliphatic rings. The van der Waals surface area contributed by atoms with Crippen molar-refractivity contribution in [2.45, 2.75) is 38.6 Å². The number of hydrogen-bond acceptors (Lipinski definition) is 4. The number of nitrogens with zero attached hydrogens (tertiary/aromatic N) is 1. The van der Waals surface area contributed by atoms with Crippen LogP contribution < -0.4 is 16.0 Å². The molecule has 2 aromatic carbocycles. The van der Waals surface area contributed by atoms with Gasteiger partial charge in [-0.3, -0.25) is 19.3 Å². The van der Waals surface area contributed by atoms with Gasteiger partial charge in [0.15, 0.2) is 0 Å². The average molecular weight is 434 g/mol. The van der Waals surface area contributed by atoms with Crippen LogP contribution in [0.3, 0.4) is 0 Å². The molecule has 3 N–H and O–H groups in total. The first-order valence-corrected chi connectivity index (χ1v) is 10.7. The number of anilines is 2. The van der Waals surface area contributed by atoms with Gasteiger partial charge in [0.1, 0.15) is 12.1 Å². The van der Waals surface area contributed by atoms with Crippen LogP contribution in [0.25, 0.3) is 0 Å². The maximum Gasteiger partial charge on any atom is 0.325 e. The molecule has 0 bridgehead atoms. The Kier molecular flexibility index (Phi) is 5.69. The van der Waals surface area contributed by atoms with Gasteiger partial charge in [0.25, 0.3) is 5.91 Å². The van der Waals surface area contributed by atoms with E-state index in [0.29, 0.717) is 30.6 Å². The molecule has 5 amide bonds. The maximum absolute atomic E-state index is 13.1. The van der Waals surface area contributed by atoms with Gasteiger partial charge < -0.3 is 16.0 Å². The lowest BCUT2D eigenvalue weighted by Crippen LogP contribution is -2.42. The van der Waals surface area contributed by atoms with Crippen molar-refractivity contribution >= 4 is 35.1 Å². The second-order valence-electron chi connectivity index (χ2n) is 8.66. The van der Waals surface area contributed by atoms with Crippen molar-refractivity contribution in [3.05, 3.63) is 59.7 Å². The van der Waals surface area contributed by atoms with Crippen molar-refractivity contribution in [2.24, 2.45) is 5.92 Å². The highest BCUT2D eigenvalue weighted by Gasteiger charge is 2.55. The fourth-order valence-corrected chi connectivity index (χ4v) is 4.30. The van der Waals surface area contributed by atoms with Gasteiger partial charge in [0.2, 0.25) is 11.8 Å². The van der Waals surface area contributed by atoms with Gasteiger partial charge in [-0.25, -0.2) is 4.79 Å². The predicted octanol–water partition coefficient (Wildman–Crippen LogP) is 3.00. The molecule has 1 heterocycles. The highest BCUT2D eigenvalue weighted by Crippen LogP contribution is 2.41. The van der Waals surface area contributed by atoms with E-state index in [1.165, 1.54) is 0 Å². The third kappa shape index (κ3) is 4.08. The van der Waals surface area contributed by atoms with Gasteiger partial charge in [-0.2, -0.15) is 0 Å². The summed E-state index contributed by atoms with van der Waals surface area (Å²) in [6.45, 7) is 3.56. The first kappa shape index (κ1) is 21.5. The zero-order valence-electron chi connectivity index (χ0n) is 18.1. The maximum atomic E-state index is 13.1. The number of amides is 5. The Morgan fingerprint density at radius 2 is 1.62 bits per heavy atom. The Morgan fingerprint density at radius 3 is 2.28 bits per heavy atom. The zero-order valence-corrected chi connectivity index (χ0v) is 18.1. The minimum absolute atomic E-state index is 0.0715. The van der Waals surface area contributed by atoms with Crippen molar-refractivity contribution in [3.63, 3.8) is 0 Å². The van der Waals surface area contributed by atoms with E-state index in [1.54, 1.807) is 24.3 Å². The minimum atomic E-state index is -1.08. The fraction of sp³-hybridized carbons (Fsp3) is 0.333. The third-order valence-electron chi connectivity index (χ3n) is 5.77. The predicted molar refractivity (Wildman–Crippen MR) is 120 cm³/mol. The molecule has 0 radical (unpaired) electrons. The number of hydrogen-bond donors (Lipinski definition) is 3. The monoisotopic (exact) mass is 434 g/mol. The summed E-state index contributed by atoms with van der Waals surface area (Å²) in [6, 6.07) is 13.7. The van der Waals surface area contributed by atoms with E-state index in [0.717, 1.165) is 16.0 Å². The lowest BCUT2D eigenvalue weighted by atomic mass is 9.92. The Balaban J connectivity index is 1.38. The van der Waals surface area contributed by atoms with Crippen molar-refractivity contribution in [2.75, 3.05) is 17.2 Å². The van der Waals surface area contributed by atoms with E-state index in [2.05, 4.69) is 16.0 Å². The summed E-state index contributed by atoms with van der Waals surface area (Å²) in [5, 5.41) is 8.31. The molecule has 1 spiro atoms.